The fraction of sp³-hybridized carbons (Fsp3) is 0.400. The molecule has 6 heteroatoms. The van der Waals surface area contributed by atoms with Gasteiger partial charge in [-0.25, -0.2) is 5.32 Å². The molecule has 6 nitrogen and oxygen atoms in total. The van der Waals surface area contributed by atoms with Crippen molar-refractivity contribution in [1.29, 1.82) is 5.26 Å². The van der Waals surface area contributed by atoms with Crippen LogP contribution in [0.3, 0.4) is 0 Å². The Morgan fingerprint density at radius 1 is 1.55 bits per heavy atom. The van der Waals surface area contributed by atoms with E-state index >= 15 is 0 Å². The predicted octanol–water partition coefficient (Wildman–Crippen LogP) is 0.0286. The first-order valence-corrected chi connectivity index (χ1v) is 2.90. The molecule has 0 amide bonds. The van der Waals surface area contributed by atoms with E-state index in [1.165, 1.54) is 0 Å². The topological polar surface area (TPSA) is 78.0 Å². The van der Waals surface area contributed by atoms with Gasteiger partial charge < -0.3 is 9.32 Å². The molecule has 1 heterocycles. The summed E-state index contributed by atoms with van der Waals surface area (Å²) in [5.74, 6) is 0. The van der Waals surface area contributed by atoms with Crippen LogP contribution in [-0.2, 0) is 0 Å². The molecule has 0 atom stereocenters. The summed E-state index contributed by atoms with van der Waals surface area (Å²) >= 11 is 0. The van der Waals surface area contributed by atoms with Gasteiger partial charge in [0, 0.05) is 14.1 Å². The summed E-state index contributed by atoms with van der Waals surface area (Å²) in [4.78, 5) is 1.65. The highest BCUT2D eigenvalue weighted by Crippen LogP contribution is 2.11. The van der Waals surface area contributed by atoms with E-state index in [2.05, 4.69) is 15.5 Å². The fourth-order valence-electron chi connectivity index (χ4n) is 0.495. The second-order valence-electron chi connectivity index (χ2n) is 2.02. The lowest BCUT2D eigenvalue weighted by Gasteiger charge is -2.02. The van der Waals surface area contributed by atoms with E-state index in [-0.39, 0.29) is 6.01 Å². The molecule has 0 aliphatic heterocycles. The Morgan fingerprint density at radius 3 is 2.73 bits per heavy atom. The van der Waals surface area contributed by atoms with Crippen molar-refractivity contribution < 1.29 is 4.42 Å². The highest BCUT2D eigenvalue weighted by molar-refractivity contribution is 5.30. The molecule has 1 aromatic heterocycles. The summed E-state index contributed by atoms with van der Waals surface area (Å²) in [7, 11) is 3.54. The highest BCUT2D eigenvalue weighted by atomic mass is 16.4. The molecule has 0 bridgehead atoms. The van der Waals surface area contributed by atoms with Gasteiger partial charge in [-0.05, 0) is 0 Å². The zero-order valence-corrected chi connectivity index (χ0v) is 6.20. The van der Waals surface area contributed by atoms with Crippen LogP contribution >= 0.6 is 0 Å². The van der Waals surface area contributed by atoms with Crippen LogP contribution in [0.4, 0.5) is 12.0 Å². The van der Waals surface area contributed by atoms with Crippen molar-refractivity contribution in [3.63, 3.8) is 0 Å². The van der Waals surface area contributed by atoms with Crippen molar-refractivity contribution in [2.24, 2.45) is 0 Å². The van der Waals surface area contributed by atoms with E-state index in [9.17, 15) is 0 Å². The zero-order chi connectivity index (χ0) is 8.27. The molecule has 0 saturated carbocycles. The molecule has 0 saturated heterocycles. The number of hydrogen-bond donors (Lipinski definition) is 1. The Bertz CT molecular complexity index is 273. The van der Waals surface area contributed by atoms with Gasteiger partial charge in [0.05, 0.1) is 0 Å². The molecule has 1 N–H and O–H groups in total. The zero-order valence-electron chi connectivity index (χ0n) is 6.20. The number of nitriles is 1. The van der Waals surface area contributed by atoms with E-state index in [1.807, 2.05) is 0 Å². The number of hydrogen-bond acceptors (Lipinski definition) is 6. The predicted molar refractivity (Wildman–Crippen MR) is 37.9 cm³/mol. The fourth-order valence-corrected chi connectivity index (χ4v) is 0.495. The molecule has 1 aromatic rings. The number of aromatic nitrogens is 2. The van der Waals surface area contributed by atoms with Gasteiger partial charge in [-0.15, -0.1) is 0 Å². The lowest BCUT2D eigenvalue weighted by molar-refractivity contribution is 0.569. The molecular weight excluding hydrogens is 146 g/mol. The minimum absolute atomic E-state index is 0.108. The summed E-state index contributed by atoms with van der Waals surface area (Å²) in [5, 5.41) is 17.6. The van der Waals surface area contributed by atoms with E-state index in [0.717, 1.165) is 0 Å². The first-order valence-electron chi connectivity index (χ1n) is 2.90. The Kier molecular flexibility index (Phi) is 1.92. The average molecular weight is 153 g/mol. The van der Waals surface area contributed by atoms with Gasteiger partial charge in [0.2, 0.25) is 0 Å². The number of anilines is 2. The maximum Gasteiger partial charge on any atom is 0.330 e. The highest BCUT2D eigenvalue weighted by Gasteiger charge is 2.05. The molecule has 0 unspecified atom stereocenters. The first-order chi connectivity index (χ1) is 5.24. The summed E-state index contributed by atoms with van der Waals surface area (Å²) < 4.78 is 4.96. The summed E-state index contributed by atoms with van der Waals surface area (Å²) in [6.45, 7) is 0. The lowest BCUT2D eigenvalue weighted by Crippen LogP contribution is -2.08. The Labute approximate surface area is 63.4 Å². The normalized spacial score (nSPS) is 8.82. The second kappa shape index (κ2) is 2.88. The van der Waals surface area contributed by atoms with Crippen molar-refractivity contribution in [3.8, 4) is 6.19 Å². The van der Waals surface area contributed by atoms with Gasteiger partial charge in [-0.1, -0.05) is 10.2 Å². The van der Waals surface area contributed by atoms with Crippen molar-refractivity contribution in [3.05, 3.63) is 0 Å². The van der Waals surface area contributed by atoms with Crippen LogP contribution in [0.2, 0.25) is 0 Å². The van der Waals surface area contributed by atoms with Crippen molar-refractivity contribution >= 4 is 12.0 Å². The third kappa shape index (κ3) is 1.58. The number of nitrogens with one attached hydrogen (secondary N) is 1. The summed E-state index contributed by atoms with van der Waals surface area (Å²) in [5.41, 5.74) is 0. The Morgan fingerprint density at radius 2 is 2.27 bits per heavy atom. The van der Waals surface area contributed by atoms with E-state index in [1.54, 1.807) is 25.2 Å². The number of rotatable bonds is 2. The average Bonchev–Trinajstić information content (AvgIpc) is 2.37. The van der Waals surface area contributed by atoms with Crippen LogP contribution in [0.5, 0.6) is 0 Å². The molecule has 0 radical (unpaired) electrons. The monoisotopic (exact) mass is 153 g/mol. The van der Waals surface area contributed by atoms with Gasteiger partial charge in [0.1, 0.15) is 0 Å². The Balaban J connectivity index is 2.75. The summed E-state index contributed by atoms with van der Waals surface area (Å²) in [6, 6.07) is 0.471. The van der Waals surface area contributed by atoms with E-state index in [4.69, 9.17) is 9.68 Å². The molecule has 1 rings (SSSR count). The molecule has 0 aromatic carbocycles. The van der Waals surface area contributed by atoms with Gasteiger partial charge in [0.25, 0.3) is 0 Å². The van der Waals surface area contributed by atoms with Crippen LogP contribution in [0.25, 0.3) is 0 Å². The standard InChI is InChI=1S/C5H7N5O/c1-10(2)5-9-8-4(11-5)7-3-6/h1-2H3,(H,7,8). The largest absolute Gasteiger partial charge is 0.389 e. The van der Waals surface area contributed by atoms with Crippen molar-refractivity contribution in [1.82, 2.24) is 10.2 Å². The van der Waals surface area contributed by atoms with E-state index < -0.39 is 0 Å². The quantitative estimate of drug-likeness (QED) is 0.477. The third-order valence-electron chi connectivity index (χ3n) is 0.960. The van der Waals surface area contributed by atoms with Crippen LogP contribution < -0.4 is 10.2 Å². The SMILES string of the molecule is CN(C)c1nnc(NC#N)o1. The molecular formula is C5H7N5O. The molecule has 0 aliphatic carbocycles. The molecule has 58 valence electrons. The molecule has 0 spiro atoms. The van der Waals surface area contributed by atoms with Gasteiger partial charge in [0.15, 0.2) is 6.19 Å². The van der Waals surface area contributed by atoms with Crippen LogP contribution in [0, 0.1) is 11.5 Å². The maximum atomic E-state index is 8.17. The number of nitrogens with zero attached hydrogens (tertiary/aromatic N) is 4. The maximum absolute atomic E-state index is 8.17. The Hall–Kier alpha value is -1.77. The smallest absolute Gasteiger partial charge is 0.330 e. The van der Waals surface area contributed by atoms with Gasteiger partial charge >= 0.3 is 12.0 Å². The lowest BCUT2D eigenvalue weighted by atomic mass is 10.9. The van der Waals surface area contributed by atoms with Gasteiger partial charge in [-0.3, -0.25) is 0 Å². The second-order valence-corrected chi connectivity index (χ2v) is 2.02. The molecule has 0 aliphatic rings. The minimum atomic E-state index is 0.108. The van der Waals surface area contributed by atoms with Crippen LogP contribution in [0.15, 0.2) is 4.42 Å². The molecule has 0 fully saturated rings. The van der Waals surface area contributed by atoms with Crippen LogP contribution in [0.1, 0.15) is 0 Å². The first kappa shape index (κ1) is 7.34. The van der Waals surface area contributed by atoms with E-state index in [0.29, 0.717) is 6.01 Å². The van der Waals surface area contributed by atoms with Gasteiger partial charge in [-0.2, -0.15) is 5.26 Å². The minimum Gasteiger partial charge on any atom is -0.389 e. The van der Waals surface area contributed by atoms with Crippen LogP contribution in [-0.4, -0.2) is 24.3 Å². The summed E-state index contributed by atoms with van der Waals surface area (Å²) in [6.07, 6.45) is 1.67. The van der Waals surface area contributed by atoms with Crippen molar-refractivity contribution in [2.45, 2.75) is 0 Å². The third-order valence-corrected chi connectivity index (χ3v) is 0.960. The van der Waals surface area contributed by atoms with Crippen molar-refractivity contribution in [2.75, 3.05) is 24.3 Å². The molecule has 11 heavy (non-hydrogen) atoms.